The second-order valence-electron chi connectivity index (χ2n) is 18.1. The molecule has 0 N–H and O–H groups in total. The van der Waals surface area contributed by atoms with Crippen molar-refractivity contribution in [1.82, 2.24) is 0 Å². The van der Waals surface area contributed by atoms with Crippen LogP contribution in [0.15, 0.2) is 122 Å². The molecular weight excluding hydrogens is 853 g/mol. The number of hydrogen-bond acceptors (Lipinski definition) is 6. The Labute approximate surface area is 424 Å². The van der Waals surface area contributed by atoms with E-state index in [0.29, 0.717) is 19.3 Å². The van der Waals surface area contributed by atoms with E-state index in [1.165, 1.54) is 51.4 Å². The number of unbranched alkanes of at least 4 members (excludes halogenated alkanes) is 18. The average molecular weight is 956 g/mol. The van der Waals surface area contributed by atoms with Crippen LogP contribution in [-0.4, -0.2) is 37.2 Å². The van der Waals surface area contributed by atoms with Gasteiger partial charge in [0.25, 0.3) is 0 Å². The van der Waals surface area contributed by atoms with Crippen LogP contribution in [0.1, 0.15) is 239 Å². The van der Waals surface area contributed by atoms with E-state index in [4.69, 9.17) is 14.2 Å². The fraction of sp³-hybridized carbons (Fsp3) is 0.635. The van der Waals surface area contributed by atoms with Gasteiger partial charge in [0.2, 0.25) is 0 Å². The van der Waals surface area contributed by atoms with Gasteiger partial charge in [-0.15, -0.1) is 0 Å². The van der Waals surface area contributed by atoms with Crippen LogP contribution in [-0.2, 0) is 28.6 Å². The zero-order chi connectivity index (χ0) is 50.0. The minimum absolute atomic E-state index is 0.104. The van der Waals surface area contributed by atoms with Crippen molar-refractivity contribution in [3.05, 3.63) is 122 Å². The first-order valence-corrected chi connectivity index (χ1v) is 28.0. The standard InChI is InChI=1S/C63H102O6/c1-4-7-10-13-16-19-22-25-27-29-30-31-32-34-35-38-41-44-47-50-53-56-62(65)68-59-60(58-67-61(64)55-52-49-46-43-40-37-24-21-18-15-12-9-6-3)69-63(66)57-54-51-48-45-42-39-36-33-28-26-23-20-17-14-11-8-5-2/h7,9-10,12,16-21,25-28,30-31,34-35,37,40,60H,4-6,8,11,13-15,22-24,29,32-33,36,38-39,41-59H2,1-3H3/b10-7-,12-9-,19-16-,20-17-,21-18-,27-25-,28-26-,31-30-,35-34-,40-37-. The zero-order valence-electron chi connectivity index (χ0n) is 44.5. The van der Waals surface area contributed by atoms with Crippen molar-refractivity contribution in [3.63, 3.8) is 0 Å². The molecule has 0 saturated carbocycles. The minimum Gasteiger partial charge on any atom is -0.462 e. The van der Waals surface area contributed by atoms with E-state index in [9.17, 15) is 14.4 Å². The van der Waals surface area contributed by atoms with Crippen LogP contribution >= 0.6 is 0 Å². The molecule has 390 valence electrons. The van der Waals surface area contributed by atoms with Crippen molar-refractivity contribution in [2.75, 3.05) is 13.2 Å². The molecule has 6 heteroatoms. The fourth-order valence-corrected chi connectivity index (χ4v) is 7.28. The van der Waals surface area contributed by atoms with Crippen molar-refractivity contribution < 1.29 is 28.6 Å². The fourth-order valence-electron chi connectivity index (χ4n) is 7.28. The Morgan fingerprint density at radius 3 is 0.899 bits per heavy atom. The molecule has 0 aromatic carbocycles. The Bertz CT molecular complexity index is 1470. The number of hydrogen-bond donors (Lipinski definition) is 0. The maximum absolute atomic E-state index is 12.8. The molecule has 6 nitrogen and oxygen atoms in total. The van der Waals surface area contributed by atoms with Crippen LogP contribution < -0.4 is 0 Å². The minimum atomic E-state index is -0.806. The average Bonchev–Trinajstić information content (AvgIpc) is 3.35. The lowest BCUT2D eigenvalue weighted by Gasteiger charge is -2.18. The van der Waals surface area contributed by atoms with Gasteiger partial charge in [-0.3, -0.25) is 14.4 Å². The van der Waals surface area contributed by atoms with E-state index in [2.05, 4.69) is 142 Å². The molecule has 0 aromatic heterocycles. The molecule has 69 heavy (non-hydrogen) atoms. The van der Waals surface area contributed by atoms with Gasteiger partial charge in [-0.1, -0.05) is 213 Å². The molecule has 0 aromatic rings. The Morgan fingerprint density at radius 1 is 0.304 bits per heavy atom. The highest BCUT2D eigenvalue weighted by atomic mass is 16.6. The molecule has 0 aliphatic heterocycles. The first-order valence-electron chi connectivity index (χ1n) is 28.0. The van der Waals surface area contributed by atoms with E-state index in [1.807, 2.05) is 0 Å². The van der Waals surface area contributed by atoms with E-state index < -0.39 is 6.10 Å². The molecule has 1 unspecified atom stereocenters. The number of rotatable bonds is 49. The summed E-state index contributed by atoms with van der Waals surface area (Å²) < 4.78 is 16.8. The number of carbonyl (C=O) groups is 3. The summed E-state index contributed by atoms with van der Waals surface area (Å²) in [4.78, 5) is 38.1. The normalized spacial score (nSPS) is 13.0. The number of esters is 3. The molecule has 0 fully saturated rings. The zero-order valence-corrected chi connectivity index (χ0v) is 44.5. The van der Waals surface area contributed by atoms with E-state index in [-0.39, 0.29) is 31.1 Å². The summed E-state index contributed by atoms with van der Waals surface area (Å²) in [7, 11) is 0. The van der Waals surface area contributed by atoms with Gasteiger partial charge in [0.15, 0.2) is 6.10 Å². The van der Waals surface area contributed by atoms with Gasteiger partial charge in [0, 0.05) is 19.3 Å². The van der Waals surface area contributed by atoms with Gasteiger partial charge >= 0.3 is 17.9 Å². The Morgan fingerprint density at radius 2 is 0.565 bits per heavy atom. The molecule has 0 bridgehead atoms. The maximum Gasteiger partial charge on any atom is 0.306 e. The Balaban J connectivity index is 4.47. The summed E-state index contributed by atoms with van der Waals surface area (Å²) in [5.74, 6) is -0.962. The quantitative estimate of drug-likeness (QED) is 0.0262. The van der Waals surface area contributed by atoms with Crippen LogP contribution in [0.2, 0.25) is 0 Å². The third-order valence-electron chi connectivity index (χ3n) is 11.4. The molecule has 0 rings (SSSR count). The second-order valence-corrected chi connectivity index (χ2v) is 18.1. The Hall–Kier alpha value is -4.19. The highest BCUT2D eigenvalue weighted by Gasteiger charge is 2.19. The summed E-state index contributed by atoms with van der Waals surface area (Å²) in [5, 5.41) is 0. The first-order chi connectivity index (χ1) is 34.0. The van der Waals surface area contributed by atoms with Crippen LogP contribution in [0.4, 0.5) is 0 Å². The largest absolute Gasteiger partial charge is 0.462 e. The summed E-state index contributed by atoms with van der Waals surface area (Å²) in [6.45, 7) is 6.33. The van der Waals surface area contributed by atoms with E-state index in [1.54, 1.807) is 0 Å². The smallest absolute Gasteiger partial charge is 0.306 e. The predicted molar refractivity (Wildman–Crippen MR) is 297 cm³/mol. The lowest BCUT2D eigenvalue weighted by atomic mass is 10.1. The lowest BCUT2D eigenvalue weighted by molar-refractivity contribution is -0.167. The summed E-state index contributed by atoms with van der Waals surface area (Å²) in [6.07, 6.45) is 77.5. The second kappa shape index (κ2) is 56.4. The maximum atomic E-state index is 12.8. The lowest BCUT2D eigenvalue weighted by Crippen LogP contribution is -2.30. The summed E-state index contributed by atoms with van der Waals surface area (Å²) in [5.41, 5.74) is 0. The van der Waals surface area contributed by atoms with Crippen molar-refractivity contribution in [2.24, 2.45) is 0 Å². The molecule has 0 radical (unpaired) electrons. The highest BCUT2D eigenvalue weighted by Crippen LogP contribution is 2.13. The van der Waals surface area contributed by atoms with Crippen LogP contribution in [0, 0.1) is 0 Å². The summed E-state index contributed by atoms with van der Waals surface area (Å²) >= 11 is 0. The van der Waals surface area contributed by atoms with E-state index >= 15 is 0 Å². The molecule has 1 atom stereocenters. The van der Waals surface area contributed by atoms with Gasteiger partial charge in [0.1, 0.15) is 13.2 Å². The van der Waals surface area contributed by atoms with Crippen LogP contribution in [0.5, 0.6) is 0 Å². The monoisotopic (exact) mass is 955 g/mol. The molecule has 0 aliphatic rings. The topological polar surface area (TPSA) is 78.9 Å². The van der Waals surface area contributed by atoms with Gasteiger partial charge in [-0.25, -0.2) is 0 Å². The Kier molecular flexibility index (Phi) is 53.0. The molecular formula is C63H102O6. The van der Waals surface area contributed by atoms with Gasteiger partial charge in [0.05, 0.1) is 0 Å². The number of carbonyl (C=O) groups excluding carboxylic acids is 3. The number of allylic oxidation sites excluding steroid dienone is 20. The van der Waals surface area contributed by atoms with Crippen molar-refractivity contribution >= 4 is 17.9 Å². The van der Waals surface area contributed by atoms with Crippen LogP contribution in [0.25, 0.3) is 0 Å². The van der Waals surface area contributed by atoms with Crippen molar-refractivity contribution in [3.8, 4) is 0 Å². The molecule has 0 aliphatic carbocycles. The van der Waals surface area contributed by atoms with E-state index in [0.717, 1.165) is 148 Å². The summed E-state index contributed by atoms with van der Waals surface area (Å²) in [6, 6.07) is 0. The van der Waals surface area contributed by atoms with Crippen molar-refractivity contribution in [2.45, 2.75) is 245 Å². The first kappa shape index (κ1) is 64.8. The van der Waals surface area contributed by atoms with Crippen LogP contribution in [0.3, 0.4) is 0 Å². The predicted octanol–water partition coefficient (Wildman–Crippen LogP) is 18.9. The highest BCUT2D eigenvalue weighted by molar-refractivity contribution is 5.71. The number of ether oxygens (including phenoxy) is 3. The van der Waals surface area contributed by atoms with Gasteiger partial charge in [-0.05, 0) is 128 Å². The van der Waals surface area contributed by atoms with Crippen molar-refractivity contribution in [1.29, 1.82) is 0 Å². The molecule has 0 heterocycles. The molecule has 0 saturated heterocycles. The third kappa shape index (κ3) is 54.6. The SMILES string of the molecule is CC/C=C\C/C=C\C/C=C\C/C=C\C/C=C\CCCCCCCC(=O)OCC(COC(=O)CCCCC/C=C\C/C=C\C/C=C\CC)OC(=O)CCCCCCCCC/C=C\C/C=C\CCCCC. The molecule has 0 spiro atoms. The third-order valence-corrected chi connectivity index (χ3v) is 11.4. The van der Waals surface area contributed by atoms with Gasteiger partial charge < -0.3 is 14.2 Å². The molecule has 0 amide bonds. The van der Waals surface area contributed by atoms with Gasteiger partial charge in [-0.2, -0.15) is 0 Å².